The highest BCUT2D eigenvalue weighted by molar-refractivity contribution is 8.32. The minimum Gasteiger partial charge on any atom is -0.395 e. The summed E-state index contributed by atoms with van der Waals surface area (Å²) in [6.45, 7) is -0.329. The van der Waals surface area contributed by atoms with Gasteiger partial charge in [0.25, 0.3) is 0 Å². The smallest absolute Gasteiger partial charge is 0.0548 e. The Bertz CT molecular complexity index is 137. The van der Waals surface area contributed by atoms with Crippen LogP contribution in [0.15, 0.2) is 0 Å². The number of rotatable bonds is 4. The van der Waals surface area contributed by atoms with Crippen LogP contribution < -0.4 is 0 Å². The third-order valence-electron chi connectivity index (χ3n) is 0.805. The van der Waals surface area contributed by atoms with Crippen molar-refractivity contribution in [1.29, 1.82) is 0 Å². The zero-order valence-corrected chi connectivity index (χ0v) is 6.58. The van der Waals surface area contributed by atoms with Gasteiger partial charge in [0, 0.05) is 20.0 Å². The first-order valence-electron chi connectivity index (χ1n) is 2.54. The van der Waals surface area contributed by atoms with Gasteiger partial charge in [0.05, 0.1) is 13.2 Å². The Hall–Kier alpha value is 0.290. The second-order valence-corrected chi connectivity index (χ2v) is 5.73. The first-order valence-corrected chi connectivity index (χ1v) is 5.36. The van der Waals surface area contributed by atoms with Crippen molar-refractivity contribution in [2.75, 3.05) is 24.7 Å². The van der Waals surface area contributed by atoms with Crippen molar-refractivity contribution in [2.45, 2.75) is 0 Å². The average molecular weight is 170 g/mol. The van der Waals surface area contributed by atoms with Crippen LogP contribution in [-0.2, 0) is 19.7 Å². The van der Waals surface area contributed by atoms with Gasteiger partial charge in [0.2, 0.25) is 0 Å². The quantitative estimate of drug-likeness (QED) is 0.551. The van der Waals surface area contributed by atoms with E-state index in [0.717, 1.165) is 0 Å². The fourth-order valence-corrected chi connectivity index (χ4v) is 1.59. The number of hydrogen-bond donors (Lipinski definition) is 2. The Morgan fingerprint density at radius 3 is 1.78 bits per heavy atom. The van der Waals surface area contributed by atoms with Gasteiger partial charge < -0.3 is 10.2 Å². The maximum Gasteiger partial charge on any atom is 0.0548 e. The zero-order valence-electron chi connectivity index (χ0n) is 4.95. The summed E-state index contributed by atoms with van der Waals surface area (Å²) in [4.78, 5) is 0. The Labute approximate surface area is 59.4 Å². The van der Waals surface area contributed by atoms with Crippen molar-refractivity contribution in [2.24, 2.45) is 0 Å². The third kappa shape index (κ3) is 4.77. The molecular formula is C4H10O3S2. The molecular weight excluding hydrogens is 160 g/mol. The topological polar surface area (TPSA) is 57.5 Å². The maximum atomic E-state index is 10.9. The average Bonchev–Trinajstić information content (AvgIpc) is 1.64. The molecule has 2 N–H and O–H groups in total. The number of aliphatic hydroxyl groups excluding tert-OH is 2. The van der Waals surface area contributed by atoms with Crippen molar-refractivity contribution in [1.82, 2.24) is 0 Å². The molecule has 56 valence electrons. The Morgan fingerprint density at radius 2 is 1.56 bits per heavy atom. The van der Waals surface area contributed by atoms with Crippen molar-refractivity contribution in [3.8, 4) is 0 Å². The van der Waals surface area contributed by atoms with E-state index in [9.17, 15) is 4.21 Å². The van der Waals surface area contributed by atoms with E-state index in [1.807, 2.05) is 0 Å². The SMILES string of the molecule is O=S(=S)(CCO)CCO. The summed E-state index contributed by atoms with van der Waals surface area (Å²) in [5.41, 5.74) is 0. The Morgan fingerprint density at radius 1 is 1.22 bits per heavy atom. The van der Waals surface area contributed by atoms with E-state index >= 15 is 0 Å². The molecule has 0 aromatic heterocycles. The molecule has 3 nitrogen and oxygen atoms in total. The summed E-state index contributed by atoms with van der Waals surface area (Å²) in [5, 5.41) is 16.6. The molecule has 0 aromatic rings. The van der Waals surface area contributed by atoms with Crippen LogP contribution in [0.2, 0.25) is 0 Å². The lowest BCUT2D eigenvalue weighted by atomic mass is 10.9. The Balaban J connectivity index is 3.73. The minimum atomic E-state index is -2.35. The monoisotopic (exact) mass is 170 g/mol. The van der Waals surface area contributed by atoms with Crippen LogP contribution >= 0.6 is 0 Å². The van der Waals surface area contributed by atoms with Gasteiger partial charge in [0.1, 0.15) is 0 Å². The van der Waals surface area contributed by atoms with Gasteiger partial charge in [-0.15, -0.1) is 0 Å². The molecule has 0 bridgehead atoms. The summed E-state index contributed by atoms with van der Waals surface area (Å²) < 4.78 is 10.9. The van der Waals surface area contributed by atoms with Crippen LogP contribution in [0.3, 0.4) is 0 Å². The van der Waals surface area contributed by atoms with Gasteiger partial charge in [-0.2, -0.15) is 0 Å². The van der Waals surface area contributed by atoms with Crippen LogP contribution in [0.4, 0.5) is 0 Å². The summed E-state index contributed by atoms with van der Waals surface area (Å²) in [6, 6.07) is 0. The van der Waals surface area contributed by atoms with Crippen LogP contribution in [0, 0.1) is 0 Å². The fraction of sp³-hybridized carbons (Fsp3) is 1.00. The predicted octanol–water partition coefficient (Wildman–Crippen LogP) is -1.28. The lowest BCUT2D eigenvalue weighted by Gasteiger charge is -1.99. The van der Waals surface area contributed by atoms with E-state index in [-0.39, 0.29) is 24.7 Å². The van der Waals surface area contributed by atoms with Gasteiger partial charge in [-0.05, 0) is 11.2 Å². The molecule has 0 aromatic carbocycles. The van der Waals surface area contributed by atoms with E-state index in [0.29, 0.717) is 0 Å². The summed E-state index contributed by atoms with van der Waals surface area (Å²) >= 11 is 4.55. The molecule has 9 heavy (non-hydrogen) atoms. The molecule has 0 aliphatic carbocycles. The van der Waals surface area contributed by atoms with E-state index in [1.165, 1.54) is 0 Å². The largest absolute Gasteiger partial charge is 0.395 e. The molecule has 0 aliphatic rings. The standard InChI is InChI=1S/C4H10O3S2/c5-1-3-9(7,8)4-2-6/h5-6H,1-4H2. The van der Waals surface area contributed by atoms with E-state index in [2.05, 4.69) is 11.2 Å². The van der Waals surface area contributed by atoms with E-state index in [1.54, 1.807) is 0 Å². The van der Waals surface area contributed by atoms with Crippen LogP contribution in [0.1, 0.15) is 0 Å². The summed E-state index contributed by atoms with van der Waals surface area (Å²) in [7, 11) is -2.35. The van der Waals surface area contributed by atoms with Gasteiger partial charge in [-0.3, -0.25) is 4.21 Å². The first-order chi connectivity index (χ1) is 4.12. The van der Waals surface area contributed by atoms with E-state index < -0.39 is 8.49 Å². The third-order valence-corrected chi connectivity index (χ3v) is 3.41. The van der Waals surface area contributed by atoms with Gasteiger partial charge in [0.15, 0.2) is 0 Å². The minimum absolute atomic E-state index is 0.114. The molecule has 0 radical (unpaired) electrons. The second kappa shape index (κ2) is 4.16. The molecule has 0 heterocycles. The van der Waals surface area contributed by atoms with Gasteiger partial charge >= 0.3 is 0 Å². The fourth-order valence-electron chi connectivity index (χ4n) is 0.380. The van der Waals surface area contributed by atoms with Crippen LogP contribution in [0.25, 0.3) is 0 Å². The van der Waals surface area contributed by atoms with Gasteiger partial charge in [-0.25, -0.2) is 0 Å². The molecule has 0 saturated heterocycles. The number of aliphatic hydroxyl groups is 2. The Kier molecular flexibility index (Phi) is 4.29. The van der Waals surface area contributed by atoms with E-state index in [4.69, 9.17) is 10.2 Å². The molecule has 0 atom stereocenters. The molecule has 0 rings (SSSR count). The normalized spacial score (nSPS) is 11.8. The van der Waals surface area contributed by atoms with Crippen LogP contribution in [-0.4, -0.2) is 39.1 Å². The lowest BCUT2D eigenvalue weighted by Crippen LogP contribution is -2.14. The lowest BCUT2D eigenvalue weighted by molar-refractivity contribution is 0.315. The number of hydrogen-bond acceptors (Lipinski definition) is 4. The highest BCUT2D eigenvalue weighted by Gasteiger charge is 2.02. The molecule has 0 unspecified atom stereocenters. The molecule has 5 heteroatoms. The highest BCUT2D eigenvalue weighted by atomic mass is 32.8. The maximum absolute atomic E-state index is 10.9. The predicted molar refractivity (Wildman–Crippen MR) is 39.4 cm³/mol. The summed E-state index contributed by atoms with van der Waals surface area (Å²) in [6.07, 6.45) is 0. The van der Waals surface area contributed by atoms with Crippen molar-refractivity contribution in [3.05, 3.63) is 0 Å². The second-order valence-electron chi connectivity index (χ2n) is 1.60. The highest BCUT2D eigenvalue weighted by Crippen LogP contribution is 1.87. The molecule has 0 fully saturated rings. The van der Waals surface area contributed by atoms with Crippen LogP contribution in [0.5, 0.6) is 0 Å². The van der Waals surface area contributed by atoms with Gasteiger partial charge in [-0.1, -0.05) is 0 Å². The summed E-state index contributed by atoms with van der Waals surface area (Å²) in [5.74, 6) is 0.228. The van der Waals surface area contributed by atoms with Crippen molar-refractivity contribution < 1.29 is 14.4 Å². The zero-order chi connectivity index (χ0) is 7.33. The van der Waals surface area contributed by atoms with Crippen molar-refractivity contribution in [3.63, 3.8) is 0 Å². The molecule has 0 amide bonds. The first kappa shape index (κ1) is 9.29. The van der Waals surface area contributed by atoms with Crippen molar-refractivity contribution >= 4 is 19.7 Å². The molecule has 0 spiro atoms. The molecule has 0 aliphatic heterocycles. The molecule has 0 saturated carbocycles.